The predicted octanol–water partition coefficient (Wildman–Crippen LogP) is 2.75. The Morgan fingerprint density at radius 1 is 1.14 bits per heavy atom. The zero-order valence-corrected chi connectivity index (χ0v) is 11.3. The van der Waals surface area contributed by atoms with E-state index in [1.807, 2.05) is 18.2 Å². The fraction of sp³-hybridized carbons (Fsp3) is 0.188. The van der Waals surface area contributed by atoms with Gasteiger partial charge >= 0.3 is 0 Å². The summed E-state index contributed by atoms with van der Waals surface area (Å²) in [4.78, 5) is 14.0. The summed E-state index contributed by atoms with van der Waals surface area (Å²) in [5.41, 5.74) is 8.86. The average Bonchev–Trinajstić information content (AvgIpc) is 2.49. The second-order valence-corrected chi connectivity index (χ2v) is 5.09. The maximum Gasteiger partial charge on any atom is 0.254 e. The van der Waals surface area contributed by atoms with Gasteiger partial charge in [0.05, 0.1) is 0 Å². The molecule has 0 fully saturated rings. The van der Waals surface area contributed by atoms with E-state index in [0.29, 0.717) is 19.5 Å². The van der Waals surface area contributed by atoms with Crippen LogP contribution in [-0.4, -0.2) is 17.4 Å². The molecule has 3 rings (SSSR count). The number of fused-ring (bicyclic) bond motifs is 1. The molecule has 2 aromatic carbocycles. The van der Waals surface area contributed by atoms with Crippen LogP contribution in [0.15, 0.2) is 36.4 Å². The summed E-state index contributed by atoms with van der Waals surface area (Å²) in [6.45, 7) is 0.942. The maximum atomic E-state index is 13.2. The van der Waals surface area contributed by atoms with E-state index in [9.17, 15) is 13.6 Å². The van der Waals surface area contributed by atoms with Gasteiger partial charge in [0, 0.05) is 24.3 Å². The Balaban J connectivity index is 1.85. The number of amides is 1. The lowest BCUT2D eigenvalue weighted by molar-refractivity contribution is 0.0734. The van der Waals surface area contributed by atoms with Crippen LogP contribution in [0.5, 0.6) is 0 Å². The highest BCUT2D eigenvalue weighted by molar-refractivity contribution is 5.94. The van der Waals surface area contributed by atoms with Crippen molar-refractivity contribution in [2.45, 2.75) is 13.0 Å². The Morgan fingerprint density at radius 2 is 1.95 bits per heavy atom. The molecule has 108 valence electrons. The summed E-state index contributed by atoms with van der Waals surface area (Å²) in [5.74, 6) is -2.27. The fourth-order valence-electron chi connectivity index (χ4n) is 2.62. The number of nitrogens with zero attached hydrogens (tertiary/aromatic N) is 1. The molecule has 5 heteroatoms. The average molecular weight is 288 g/mol. The van der Waals surface area contributed by atoms with Gasteiger partial charge in [-0.05, 0) is 41.8 Å². The van der Waals surface area contributed by atoms with Crippen molar-refractivity contribution >= 4 is 11.6 Å². The van der Waals surface area contributed by atoms with Crippen molar-refractivity contribution in [3.05, 3.63) is 64.7 Å². The molecule has 0 saturated heterocycles. The lowest BCUT2D eigenvalue weighted by Gasteiger charge is -2.29. The molecule has 21 heavy (non-hydrogen) atoms. The van der Waals surface area contributed by atoms with Gasteiger partial charge in [-0.1, -0.05) is 12.1 Å². The van der Waals surface area contributed by atoms with Gasteiger partial charge in [0.2, 0.25) is 0 Å². The number of nitrogen functional groups attached to an aromatic ring is 1. The van der Waals surface area contributed by atoms with Crippen LogP contribution in [0.25, 0.3) is 0 Å². The van der Waals surface area contributed by atoms with Crippen molar-refractivity contribution in [3.8, 4) is 0 Å². The first-order valence-corrected chi connectivity index (χ1v) is 6.67. The number of hydrogen-bond donors (Lipinski definition) is 1. The van der Waals surface area contributed by atoms with E-state index in [1.165, 1.54) is 6.07 Å². The van der Waals surface area contributed by atoms with Crippen molar-refractivity contribution in [3.63, 3.8) is 0 Å². The second kappa shape index (κ2) is 5.16. The van der Waals surface area contributed by atoms with Crippen LogP contribution in [0.3, 0.4) is 0 Å². The molecule has 2 N–H and O–H groups in total. The van der Waals surface area contributed by atoms with E-state index in [1.54, 1.807) is 4.90 Å². The Morgan fingerprint density at radius 3 is 2.71 bits per heavy atom. The minimum atomic E-state index is -1.01. The molecule has 0 saturated carbocycles. The lowest BCUT2D eigenvalue weighted by Crippen LogP contribution is -2.36. The molecule has 0 radical (unpaired) electrons. The molecule has 0 bridgehead atoms. The second-order valence-electron chi connectivity index (χ2n) is 5.09. The Labute approximate surface area is 121 Å². The van der Waals surface area contributed by atoms with Crippen LogP contribution in [0.1, 0.15) is 21.5 Å². The quantitative estimate of drug-likeness (QED) is 0.820. The third-order valence-corrected chi connectivity index (χ3v) is 3.76. The van der Waals surface area contributed by atoms with Gasteiger partial charge in [0.25, 0.3) is 5.91 Å². The first kappa shape index (κ1) is 13.5. The summed E-state index contributed by atoms with van der Waals surface area (Å²) < 4.78 is 26.2. The Kier molecular flexibility index (Phi) is 3.33. The maximum absolute atomic E-state index is 13.2. The highest BCUT2D eigenvalue weighted by atomic mass is 19.2. The highest BCUT2D eigenvalue weighted by Crippen LogP contribution is 2.25. The van der Waals surface area contributed by atoms with E-state index in [0.717, 1.165) is 28.9 Å². The number of carbonyl (C=O) groups is 1. The first-order chi connectivity index (χ1) is 10.1. The summed E-state index contributed by atoms with van der Waals surface area (Å²) >= 11 is 0. The molecule has 0 unspecified atom stereocenters. The molecule has 1 amide bonds. The molecular formula is C16H14F2N2O. The minimum Gasteiger partial charge on any atom is -0.398 e. The molecule has 0 atom stereocenters. The van der Waals surface area contributed by atoms with Crippen LogP contribution in [0.2, 0.25) is 0 Å². The van der Waals surface area contributed by atoms with Crippen molar-refractivity contribution in [1.82, 2.24) is 4.90 Å². The molecule has 0 aliphatic carbocycles. The van der Waals surface area contributed by atoms with Gasteiger partial charge in [0.1, 0.15) is 0 Å². The molecule has 2 aromatic rings. The third-order valence-electron chi connectivity index (χ3n) is 3.76. The molecule has 3 nitrogen and oxygen atoms in total. The van der Waals surface area contributed by atoms with E-state index >= 15 is 0 Å². The number of halogens is 2. The summed E-state index contributed by atoms with van der Waals surface area (Å²) in [7, 11) is 0. The number of carbonyl (C=O) groups excluding carboxylic acids is 1. The van der Waals surface area contributed by atoms with Crippen LogP contribution >= 0.6 is 0 Å². The smallest absolute Gasteiger partial charge is 0.254 e. The zero-order valence-electron chi connectivity index (χ0n) is 11.3. The predicted molar refractivity (Wildman–Crippen MR) is 75.7 cm³/mol. The van der Waals surface area contributed by atoms with Crippen molar-refractivity contribution in [2.24, 2.45) is 0 Å². The molecule has 1 aliphatic rings. The Hall–Kier alpha value is -2.43. The monoisotopic (exact) mass is 288 g/mol. The summed E-state index contributed by atoms with van der Waals surface area (Å²) in [6, 6.07) is 8.82. The van der Waals surface area contributed by atoms with Gasteiger partial charge in [-0.3, -0.25) is 4.79 Å². The number of nitrogens with two attached hydrogens (primary N) is 1. The van der Waals surface area contributed by atoms with Gasteiger partial charge in [0.15, 0.2) is 11.6 Å². The summed E-state index contributed by atoms with van der Waals surface area (Å²) in [5, 5.41) is 0. The highest BCUT2D eigenvalue weighted by Gasteiger charge is 2.23. The third kappa shape index (κ3) is 2.46. The van der Waals surface area contributed by atoms with Crippen LogP contribution in [0, 0.1) is 11.6 Å². The van der Waals surface area contributed by atoms with Gasteiger partial charge in [-0.15, -0.1) is 0 Å². The normalized spacial score (nSPS) is 13.9. The van der Waals surface area contributed by atoms with Gasteiger partial charge in [-0.2, -0.15) is 0 Å². The number of rotatable bonds is 1. The first-order valence-electron chi connectivity index (χ1n) is 6.67. The van der Waals surface area contributed by atoms with Gasteiger partial charge < -0.3 is 10.6 Å². The Bertz CT molecular complexity index is 715. The van der Waals surface area contributed by atoms with Crippen LogP contribution in [-0.2, 0) is 13.0 Å². The largest absolute Gasteiger partial charge is 0.398 e. The summed E-state index contributed by atoms with van der Waals surface area (Å²) in [6.07, 6.45) is 0.664. The molecular weight excluding hydrogens is 274 g/mol. The molecule has 0 spiro atoms. The van der Waals surface area contributed by atoms with Crippen LogP contribution < -0.4 is 5.73 Å². The van der Waals surface area contributed by atoms with E-state index in [4.69, 9.17) is 5.73 Å². The number of anilines is 1. The number of hydrogen-bond acceptors (Lipinski definition) is 2. The van der Waals surface area contributed by atoms with Crippen molar-refractivity contribution in [1.29, 1.82) is 0 Å². The lowest BCUT2D eigenvalue weighted by atomic mass is 9.97. The van der Waals surface area contributed by atoms with Gasteiger partial charge in [-0.25, -0.2) is 8.78 Å². The number of benzene rings is 2. The fourth-order valence-corrected chi connectivity index (χ4v) is 2.62. The van der Waals surface area contributed by atoms with Crippen LogP contribution in [0.4, 0.5) is 14.5 Å². The van der Waals surface area contributed by atoms with E-state index in [-0.39, 0.29) is 11.5 Å². The zero-order chi connectivity index (χ0) is 15.0. The topological polar surface area (TPSA) is 46.3 Å². The van der Waals surface area contributed by atoms with E-state index in [2.05, 4.69) is 0 Å². The minimum absolute atomic E-state index is 0.154. The van der Waals surface area contributed by atoms with E-state index < -0.39 is 11.6 Å². The molecule has 1 aliphatic heterocycles. The molecule has 0 aromatic heterocycles. The van der Waals surface area contributed by atoms with Crippen molar-refractivity contribution < 1.29 is 13.6 Å². The standard InChI is InChI=1S/C16H14F2N2O/c17-13-5-4-10(8-14(13)18)16(21)20-7-6-12-11(9-20)2-1-3-15(12)19/h1-5,8H,6-7,9,19H2. The van der Waals surface area contributed by atoms with Crippen molar-refractivity contribution in [2.75, 3.05) is 12.3 Å². The molecule has 1 heterocycles. The SMILES string of the molecule is Nc1cccc2c1CCN(C(=O)c1ccc(F)c(F)c1)C2.